The minimum absolute atomic E-state index is 0.0105. The standard InChI is InChI=1S/C14H13NO3S/c1-15(13-8-3-2-4-9-13)19(17,18)14-10-6-5-7-12(14)11-16/h2-11H,1H3. The number of aldehydes is 1. The molecule has 0 radical (unpaired) electrons. The molecular weight excluding hydrogens is 262 g/mol. The second-order valence-corrected chi connectivity index (χ2v) is 5.90. The molecule has 0 saturated carbocycles. The van der Waals surface area contributed by atoms with Gasteiger partial charge in [-0.3, -0.25) is 9.10 Å². The molecule has 19 heavy (non-hydrogen) atoms. The molecule has 0 bridgehead atoms. The maximum Gasteiger partial charge on any atom is 0.264 e. The third-order valence-electron chi connectivity index (χ3n) is 2.80. The highest BCUT2D eigenvalue weighted by Crippen LogP contribution is 2.23. The largest absolute Gasteiger partial charge is 0.298 e. The molecule has 5 heteroatoms. The lowest BCUT2D eigenvalue weighted by Gasteiger charge is -2.20. The van der Waals surface area contributed by atoms with Crippen LogP contribution in [0.25, 0.3) is 0 Å². The number of hydrogen-bond acceptors (Lipinski definition) is 3. The topological polar surface area (TPSA) is 54.5 Å². The van der Waals surface area contributed by atoms with Crippen molar-refractivity contribution in [2.75, 3.05) is 11.4 Å². The SMILES string of the molecule is CN(c1ccccc1)S(=O)(=O)c1ccccc1C=O. The average Bonchev–Trinajstić information content (AvgIpc) is 2.47. The Morgan fingerprint density at radius 1 is 0.947 bits per heavy atom. The van der Waals surface area contributed by atoms with Crippen LogP contribution in [-0.4, -0.2) is 21.8 Å². The first-order valence-corrected chi connectivity index (χ1v) is 7.09. The summed E-state index contributed by atoms with van der Waals surface area (Å²) in [5.74, 6) is 0. The van der Waals surface area contributed by atoms with E-state index in [2.05, 4.69) is 0 Å². The van der Waals surface area contributed by atoms with Crippen LogP contribution in [0.2, 0.25) is 0 Å². The van der Waals surface area contributed by atoms with E-state index < -0.39 is 10.0 Å². The Labute approximate surface area is 112 Å². The molecular formula is C14H13NO3S. The molecule has 0 amide bonds. The third kappa shape index (κ3) is 2.51. The summed E-state index contributed by atoms with van der Waals surface area (Å²) in [6, 6.07) is 14.9. The normalized spacial score (nSPS) is 11.0. The highest BCUT2D eigenvalue weighted by Gasteiger charge is 2.23. The van der Waals surface area contributed by atoms with Crippen LogP contribution in [0.5, 0.6) is 0 Å². The lowest BCUT2D eigenvalue weighted by atomic mass is 10.2. The lowest BCUT2D eigenvalue weighted by Crippen LogP contribution is -2.27. The molecule has 2 rings (SSSR count). The zero-order valence-electron chi connectivity index (χ0n) is 10.4. The monoisotopic (exact) mass is 275 g/mol. The summed E-state index contributed by atoms with van der Waals surface area (Å²) in [5.41, 5.74) is 0.702. The number of benzene rings is 2. The molecule has 2 aromatic carbocycles. The first-order valence-electron chi connectivity index (χ1n) is 5.65. The van der Waals surface area contributed by atoms with Crippen LogP contribution in [0, 0.1) is 0 Å². The van der Waals surface area contributed by atoms with E-state index >= 15 is 0 Å². The Kier molecular flexibility index (Phi) is 3.66. The second kappa shape index (κ2) is 5.24. The minimum atomic E-state index is -3.73. The Bertz CT molecular complexity index is 681. The molecule has 0 aliphatic heterocycles. The summed E-state index contributed by atoms with van der Waals surface area (Å²) >= 11 is 0. The van der Waals surface area contributed by atoms with Gasteiger partial charge in [-0.05, 0) is 18.2 Å². The molecule has 0 N–H and O–H groups in total. The van der Waals surface area contributed by atoms with Gasteiger partial charge in [-0.2, -0.15) is 0 Å². The highest BCUT2D eigenvalue weighted by molar-refractivity contribution is 7.92. The Morgan fingerprint density at radius 2 is 1.53 bits per heavy atom. The number of anilines is 1. The van der Waals surface area contributed by atoms with E-state index in [0.29, 0.717) is 12.0 Å². The van der Waals surface area contributed by atoms with E-state index in [9.17, 15) is 13.2 Å². The Morgan fingerprint density at radius 3 is 2.16 bits per heavy atom. The van der Waals surface area contributed by atoms with Crippen molar-refractivity contribution in [2.24, 2.45) is 0 Å². The van der Waals surface area contributed by atoms with Gasteiger partial charge in [0, 0.05) is 12.6 Å². The van der Waals surface area contributed by atoms with Gasteiger partial charge < -0.3 is 0 Å². The van der Waals surface area contributed by atoms with E-state index in [1.807, 2.05) is 6.07 Å². The number of hydrogen-bond donors (Lipinski definition) is 0. The number of para-hydroxylation sites is 1. The van der Waals surface area contributed by atoms with Crippen LogP contribution >= 0.6 is 0 Å². The third-order valence-corrected chi connectivity index (χ3v) is 4.66. The predicted molar refractivity (Wildman–Crippen MR) is 73.9 cm³/mol. The van der Waals surface area contributed by atoms with Crippen molar-refractivity contribution in [3.8, 4) is 0 Å². The van der Waals surface area contributed by atoms with E-state index in [1.54, 1.807) is 36.4 Å². The van der Waals surface area contributed by atoms with Gasteiger partial charge in [0.2, 0.25) is 0 Å². The van der Waals surface area contributed by atoms with Crippen molar-refractivity contribution in [1.82, 2.24) is 0 Å². The van der Waals surface area contributed by atoms with E-state index in [-0.39, 0.29) is 10.5 Å². The van der Waals surface area contributed by atoms with Crippen LogP contribution in [0.1, 0.15) is 10.4 Å². The fourth-order valence-corrected chi connectivity index (χ4v) is 3.10. The molecule has 0 aromatic heterocycles. The predicted octanol–water partition coefficient (Wildman–Crippen LogP) is 2.32. The van der Waals surface area contributed by atoms with Gasteiger partial charge in [0.1, 0.15) is 0 Å². The summed E-state index contributed by atoms with van der Waals surface area (Å²) < 4.78 is 26.1. The van der Waals surface area contributed by atoms with Crippen molar-refractivity contribution >= 4 is 22.0 Å². The van der Waals surface area contributed by atoms with Crippen molar-refractivity contribution < 1.29 is 13.2 Å². The highest BCUT2D eigenvalue weighted by atomic mass is 32.2. The molecule has 2 aromatic rings. The number of sulfonamides is 1. The number of carbonyl (C=O) groups is 1. The van der Waals surface area contributed by atoms with Gasteiger partial charge in [0.05, 0.1) is 10.6 Å². The van der Waals surface area contributed by atoms with Gasteiger partial charge >= 0.3 is 0 Å². The summed E-state index contributed by atoms with van der Waals surface area (Å²) in [6.07, 6.45) is 0.547. The van der Waals surface area contributed by atoms with Crippen molar-refractivity contribution in [3.63, 3.8) is 0 Å². The maximum atomic E-state index is 12.5. The summed E-state index contributed by atoms with van der Waals surface area (Å²) in [4.78, 5) is 11.0. The molecule has 0 atom stereocenters. The molecule has 0 unspecified atom stereocenters. The summed E-state index contributed by atoms with van der Waals surface area (Å²) in [7, 11) is -2.27. The van der Waals surface area contributed by atoms with Gasteiger partial charge in [-0.1, -0.05) is 36.4 Å². The molecule has 0 heterocycles. The number of carbonyl (C=O) groups excluding carboxylic acids is 1. The lowest BCUT2D eigenvalue weighted by molar-refractivity contribution is 0.112. The van der Waals surface area contributed by atoms with E-state index in [4.69, 9.17) is 0 Å². The van der Waals surface area contributed by atoms with Crippen molar-refractivity contribution in [2.45, 2.75) is 4.90 Å². The summed E-state index contributed by atoms with van der Waals surface area (Å²) in [5, 5.41) is 0. The van der Waals surface area contributed by atoms with Gasteiger partial charge in [0.15, 0.2) is 6.29 Å². The quantitative estimate of drug-likeness (QED) is 0.805. The van der Waals surface area contributed by atoms with Crippen molar-refractivity contribution in [3.05, 3.63) is 60.2 Å². The zero-order chi connectivity index (χ0) is 13.9. The summed E-state index contributed by atoms with van der Waals surface area (Å²) in [6.45, 7) is 0. The van der Waals surface area contributed by atoms with E-state index in [0.717, 1.165) is 4.31 Å². The van der Waals surface area contributed by atoms with Crippen LogP contribution in [0.3, 0.4) is 0 Å². The van der Waals surface area contributed by atoms with Crippen LogP contribution < -0.4 is 4.31 Å². The number of rotatable bonds is 4. The number of nitrogens with zero attached hydrogens (tertiary/aromatic N) is 1. The molecule has 0 fully saturated rings. The Balaban J connectivity index is 2.51. The van der Waals surface area contributed by atoms with Crippen LogP contribution in [0.15, 0.2) is 59.5 Å². The molecule has 4 nitrogen and oxygen atoms in total. The molecule has 0 saturated heterocycles. The Hall–Kier alpha value is -2.14. The first kappa shape index (κ1) is 13.3. The molecule has 0 aliphatic carbocycles. The molecule has 98 valence electrons. The van der Waals surface area contributed by atoms with Crippen LogP contribution in [-0.2, 0) is 10.0 Å². The smallest absolute Gasteiger partial charge is 0.264 e. The first-order chi connectivity index (χ1) is 9.07. The van der Waals surface area contributed by atoms with E-state index in [1.165, 1.54) is 19.2 Å². The zero-order valence-corrected chi connectivity index (χ0v) is 11.2. The average molecular weight is 275 g/mol. The minimum Gasteiger partial charge on any atom is -0.298 e. The van der Waals surface area contributed by atoms with Crippen molar-refractivity contribution in [1.29, 1.82) is 0 Å². The molecule has 0 aliphatic rings. The van der Waals surface area contributed by atoms with Gasteiger partial charge in [0.25, 0.3) is 10.0 Å². The maximum absolute atomic E-state index is 12.5. The van der Waals surface area contributed by atoms with Gasteiger partial charge in [-0.15, -0.1) is 0 Å². The fourth-order valence-electron chi connectivity index (χ4n) is 1.74. The fraction of sp³-hybridized carbons (Fsp3) is 0.0714. The van der Waals surface area contributed by atoms with Gasteiger partial charge in [-0.25, -0.2) is 8.42 Å². The molecule has 0 spiro atoms. The van der Waals surface area contributed by atoms with Crippen LogP contribution in [0.4, 0.5) is 5.69 Å². The second-order valence-electron chi connectivity index (χ2n) is 3.96.